The normalized spacial score (nSPS) is 10.3. The summed E-state index contributed by atoms with van der Waals surface area (Å²) in [6, 6.07) is 16.4. The van der Waals surface area contributed by atoms with Gasteiger partial charge in [0.15, 0.2) is 5.82 Å². The first-order chi connectivity index (χ1) is 13.2. The Kier molecular flexibility index (Phi) is 6.11. The van der Waals surface area contributed by atoms with Gasteiger partial charge in [-0.2, -0.15) is 9.36 Å². The van der Waals surface area contributed by atoms with Crippen LogP contribution in [0.25, 0.3) is 11.4 Å². The van der Waals surface area contributed by atoms with Gasteiger partial charge in [0.25, 0.3) is 5.91 Å². The number of rotatable bonds is 7. The average molecular weight is 382 g/mol. The standard InChI is InChI=1S/C19H18N4O3S/c1-2-26-15-11-7-6-10-14(15)18(25)20-12-16(24)21-19-22-17(23-27-19)13-8-4-3-5-9-13/h3-11H,2,12H2,1H3,(H,20,25)(H,21,22,23,24). The van der Waals surface area contributed by atoms with E-state index in [9.17, 15) is 9.59 Å². The van der Waals surface area contributed by atoms with E-state index in [0.29, 0.717) is 28.9 Å². The number of benzene rings is 2. The summed E-state index contributed by atoms with van der Waals surface area (Å²) in [4.78, 5) is 28.7. The number of hydrogen-bond acceptors (Lipinski definition) is 6. The SMILES string of the molecule is CCOc1ccccc1C(=O)NCC(=O)Nc1nc(-c2ccccc2)ns1. The van der Waals surface area contributed by atoms with Crippen molar-refractivity contribution < 1.29 is 14.3 Å². The molecule has 0 fully saturated rings. The van der Waals surface area contributed by atoms with Crippen molar-refractivity contribution in [3.8, 4) is 17.1 Å². The summed E-state index contributed by atoms with van der Waals surface area (Å²) in [5.74, 6) is 0.268. The highest BCUT2D eigenvalue weighted by molar-refractivity contribution is 7.10. The molecular formula is C19H18N4O3S. The summed E-state index contributed by atoms with van der Waals surface area (Å²) in [6.45, 7) is 2.11. The molecule has 7 nitrogen and oxygen atoms in total. The van der Waals surface area contributed by atoms with Gasteiger partial charge in [-0.25, -0.2) is 0 Å². The number of aromatic nitrogens is 2. The van der Waals surface area contributed by atoms with Crippen LogP contribution in [0.2, 0.25) is 0 Å². The first-order valence-electron chi connectivity index (χ1n) is 8.36. The second kappa shape index (κ2) is 8.91. The summed E-state index contributed by atoms with van der Waals surface area (Å²) in [5, 5.41) is 5.60. The van der Waals surface area contributed by atoms with Gasteiger partial charge in [0, 0.05) is 17.1 Å². The molecule has 3 aromatic rings. The summed E-state index contributed by atoms with van der Waals surface area (Å²) in [7, 11) is 0. The van der Waals surface area contributed by atoms with E-state index >= 15 is 0 Å². The van der Waals surface area contributed by atoms with Gasteiger partial charge in [-0.05, 0) is 19.1 Å². The Morgan fingerprint density at radius 3 is 2.59 bits per heavy atom. The van der Waals surface area contributed by atoms with E-state index in [1.54, 1.807) is 24.3 Å². The molecule has 138 valence electrons. The number of anilines is 1. The van der Waals surface area contributed by atoms with Gasteiger partial charge in [-0.1, -0.05) is 42.5 Å². The summed E-state index contributed by atoms with van der Waals surface area (Å²) in [5.41, 5.74) is 1.25. The second-order valence-electron chi connectivity index (χ2n) is 5.45. The van der Waals surface area contributed by atoms with Crippen LogP contribution >= 0.6 is 11.5 Å². The molecule has 0 aliphatic heterocycles. The first-order valence-corrected chi connectivity index (χ1v) is 9.13. The highest BCUT2D eigenvalue weighted by Crippen LogP contribution is 2.20. The largest absolute Gasteiger partial charge is 0.493 e. The zero-order valence-electron chi connectivity index (χ0n) is 14.6. The number of carbonyl (C=O) groups excluding carboxylic acids is 2. The molecule has 2 amide bonds. The highest BCUT2D eigenvalue weighted by atomic mass is 32.1. The van der Waals surface area contributed by atoms with Crippen LogP contribution < -0.4 is 15.4 Å². The van der Waals surface area contributed by atoms with Crippen LogP contribution in [-0.2, 0) is 4.79 Å². The van der Waals surface area contributed by atoms with Gasteiger partial charge in [0.2, 0.25) is 11.0 Å². The number of hydrogen-bond donors (Lipinski definition) is 2. The van der Waals surface area contributed by atoms with Crippen molar-refractivity contribution >= 4 is 28.5 Å². The highest BCUT2D eigenvalue weighted by Gasteiger charge is 2.14. The lowest BCUT2D eigenvalue weighted by molar-refractivity contribution is -0.115. The van der Waals surface area contributed by atoms with Crippen LogP contribution in [0.15, 0.2) is 54.6 Å². The Hall–Kier alpha value is -3.26. The van der Waals surface area contributed by atoms with E-state index < -0.39 is 0 Å². The minimum Gasteiger partial charge on any atom is -0.493 e. The van der Waals surface area contributed by atoms with Gasteiger partial charge in [-0.15, -0.1) is 0 Å². The lowest BCUT2D eigenvalue weighted by Gasteiger charge is -2.10. The van der Waals surface area contributed by atoms with Crippen LogP contribution in [0.5, 0.6) is 5.75 Å². The smallest absolute Gasteiger partial charge is 0.255 e. The number of ether oxygens (including phenoxy) is 1. The van der Waals surface area contributed by atoms with Crippen molar-refractivity contribution in [1.82, 2.24) is 14.7 Å². The van der Waals surface area contributed by atoms with Crippen LogP contribution in [0.4, 0.5) is 5.13 Å². The molecule has 0 atom stereocenters. The average Bonchev–Trinajstić information content (AvgIpc) is 3.16. The van der Waals surface area contributed by atoms with Gasteiger partial charge in [-0.3, -0.25) is 14.9 Å². The number of amides is 2. The molecular weight excluding hydrogens is 364 g/mol. The zero-order valence-corrected chi connectivity index (χ0v) is 15.5. The summed E-state index contributed by atoms with van der Waals surface area (Å²) in [6.07, 6.45) is 0. The molecule has 0 radical (unpaired) electrons. The predicted molar refractivity (Wildman–Crippen MR) is 104 cm³/mol. The number of carbonyl (C=O) groups is 2. The Bertz CT molecular complexity index is 927. The van der Waals surface area contributed by atoms with Crippen molar-refractivity contribution in [3.05, 3.63) is 60.2 Å². The van der Waals surface area contributed by atoms with Gasteiger partial charge in [0.05, 0.1) is 18.7 Å². The molecule has 1 aromatic heterocycles. The van der Waals surface area contributed by atoms with Crippen LogP contribution in [0.3, 0.4) is 0 Å². The van der Waals surface area contributed by atoms with Crippen molar-refractivity contribution in [1.29, 1.82) is 0 Å². The van der Waals surface area contributed by atoms with E-state index in [1.807, 2.05) is 37.3 Å². The summed E-state index contributed by atoms with van der Waals surface area (Å²) >= 11 is 1.09. The second-order valence-corrected chi connectivity index (χ2v) is 6.20. The molecule has 8 heteroatoms. The molecule has 0 aliphatic carbocycles. The van der Waals surface area contributed by atoms with E-state index in [2.05, 4.69) is 20.0 Å². The Morgan fingerprint density at radius 2 is 1.81 bits per heavy atom. The molecule has 27 heavy (non-hydrogen) atoms. The molecule has 2 N–H and O–H groups in total. The third kappa shape index (κ3) is 4.89. The zero-order chi connectivity index (χ0) is 19.1. The molecule has 1 heterocycles. The van der Waals surface area contributed by atoms with Crippen molar-refractivity contribution in [2.45, 2.75) is 6.92 Å². The number of nitrogens with zero attached hydrogens (tertiary/aromatic N) is 2. The van der Waals surface area contributed by atoms with E-state index in [4.69, 9.17) is 4.74 Å². The van der Waals surface area contributed by atoms with Gasteiger partial charge in [0.1, 0.15) is 5.75 Å². The lowest BCUT2D eigenvalue weighted by atomic mass is 10.2. The monoisotopic (exact) mass is 382 g/mol. The van der Waals surface area contributed by atoms with Gasteiger partial charge >= 0.3 is 0 Å². The molecule has 0 saturated carbocycles. The van der Waals surface area contributed by atoms with Gasteiger partial charge < -0.3 is 10.1 Å². The van der Waals surface area contributed by atoms with Crippen LogP contribution in [-0.4, -0.2) is 34.3 Å². The number of para-hydroxylation sites is 1. The Labute approximate surface area is 160 Å². The molecule has 0 bridgehead atoms. The van der Waals surface area contributed by atoms with Crippen LogP contribution in [0.1, 0.15) is 17.3 Å². The third-order valence-electron chi connectivity index (χ3n) is 3.55. The van der Waals surface area contributed by atoms with Crippen molar-refractivity contribution in [2.24, 2.45) is 0 Å². The minimum atomic E-state index is -0.381. The maximum atomic E-state index is 12.3. The quantitative estimate of drug-likeness (QED) is 0.655. The molecule has 0 saturated heterocycles. The fourth-order valence-electron chi connectivity index (χ4n) is 2.33. The van der Waals surface area contributed by atoms with Crippen molar-refractivity contribution in [2.75, 3.05) is 18.5 Å². The fraction of sp³-hybridized carbons (Fsp3) is 0.158. The molecule has 3 rings (SSSR count). The third-order valence-corrected chi connectivity index (χ3v) is 4.18. The summed E-state index contributed by atoms with van der Waals surface area (Å²) < 4.78 is 9.65. The first kappa shape index (κ1) is 18.5. The van der Waals surface area contributed by atoms with E-state index in [1.165, 1.54) is 0 Å². The van der Waals surface area contributed by atoms with E-state index in [0.717, 1.165) is 17.1 Å². The maximum absolute atomic E-state index is 12.3. The number of nitrogens with one attached hydrogen (secondary N) is 2. The fourth-order valence-corrected chi connectivity index (χ4v) is 2.94. The predicted octanol–water partition coefficient (Wildman–Crippen LogP) is 2.97. The minimum absolute atomic E-state index is 0.181. The molecule has 0 aliphatic rings. The Balaban J connectivity index is 1.56. The maximum Gasteiger partial charge on any atom is 0.255 e. The molecule has 2 aromatic carbocycles. The topological polar surface area (TPSA) is 93.2 Å². The van der Waals surface area contributed by atoms with E-state index in [-0.39, 0.29) is 18.4 Å². The molecule has 0 spiro atoms. The van der Waals surface area contributed by atoms with Crippen molar-refractivity contribution in [3.63, 3.8) is 0 Å². The lowest BCUT2D eigenvalue weighted by Crippen LogP contribution is -2.33. The Morgan fingerprint density at radius 1 is 1.07 bits per heavy atom. The molecule has 0 unspecified atom stereocenters. The van der Waals surface area contributed by atoms with Crippen LogP contribution in [0, 0.1) is 0 Å².